The Labute approximate surface area is 87.2 Å². The van der Waals surface area contributed by atoms with Crippen molar-refractivity contribution in [3.63, 3.8) is 0 Å². The summed E-state index contributed by atoms with van der Waals surface area (Å²) in [5.41, 5.74) is 0. The maximum absolute atomic E-state index is 5.61. The summed E-state index contributed by atoms with van der Waals surface area (Å²) >= 11 is 5.61. The summed E-state index contributed by atoms with van der Waals surface area (Å²) in [7, 11) is 0. The first-order chi connectivity index (χ1) is 6.84. The summed E-state index contributed by atoms with van der Waals surface area (Å²) in [4.78, 5) is 7.69. The second-order valence-electron chi connectivity index (χ2n) is 3.20. The lowest BCUT2D eigenvalue weighted by molar-refractivity contribution is 0.165. The SMILES string of the molecule is Clc1nccc(OCC2CCOC2)n1. The fourth-order valence-corrected chi connectivity index (χ4v) is 1.46. The van der Waals surface area contributed by atoms with E-state index in [9.17, 15) is 0 Å². The zero-order chi connectivity index (χ0) is 9.80. The molecule has 76 valence electrons. The lowest BCUT2D eigenvalue weighted by atomic mass is 10.1. The highest BCUT2D eigenvalue weighted by molar-refractivity contribution is 6.28. The van der Waals surface area contributed by atoms with Gasteiger partial charge in [0.2, 0.25) is 11.2 Å². The zero-order valence-corrected chi connectivity index (χ0v) is 8.41. The van der Waals surface area contributed by atoms with Crippen LogP contribution in [0.5, 0.6) is 5.88 Å². The fraction of sp³-hybridized carbons (Fsp3) is 0.556. The molecule has 0 bridgehead atoms. The predicted molar refractivity (Wildman–Crippen MR) is 51.5 cm³/mol. The highest BCUT2D eigenvalue weighted by Gasteiger charge is 2.16. The first-order valence-electron chi connectivity index (χ1n) is 4.53. The first-order valence-corrected chi connectivity index (χ1v) is 4.91. The van der Waals surface area contributed by atoms with Gasteiger partial charge in [0.1, 0.15) is 0 Å². The molecule has 2 rings (SSSR count). The van der Waals surface area contributed by atoms with Crippen LogP contribution in [0, 0.1) is 5.92 Å². The standard InChI is InChI=1S/C9H11ClN2O2/c10-9-11-3-1-8(12-9)14-6-7-2-4-13-5-7/h1,3,7H,2,4-6H2. The average molecular weight is 215 g/mol. The van der Waals surface area contributed by atoms with Gasteiger partial charge in [0.15, 0.2) is 0 Å². The molecule has 1 unspecified atom stereocenters. The van der Waals surface area contributed by atoms with Gasteiger partial charge in [-0.25, -0.2) is 4.98 Å². The molecule has 0 spiro atoms. The molecular formula is C9H11ClN2O2. The van der Waals surface area contributed by atoms with Gasteiger partial charge in [-0.1, -0.05) is 0 Å². The molecule has 2 heterocycles. The molecule has 0 radical (unpaired) electrons. The van der Waals surface area contributed by atoms with Gasteiger partial charge in [-0.2, -0.15) is 4.98 Å². The van der Waals surface area contributed by atoms with Gasteiger partial charge in [-0.3, -0.25) is 0 Å². The van der Waals surface area contributed by atoms with E-state index in [-0.39, 0.29) is 5.28 Å². The topological polar surface area (TPSA) is 44.2 Å². The maximum Gasteiger partial charge on any atom is 0.225 e. The maximum atomic E-state index is 5.61. The number of ether oxygens (including phenoxy) is 2. The summed E-state index contributed by atoms with van der Waals surface area (Å²) in [6, 6.07) is 1.70. The molecule has 0 aliphatic carbocycles. The molecule has 1 aromatic heterocycles. The van der Waals surface area contributed by atoms with Crippen molar-refractivity contribution in [2.75, 3.05) is 19.8 Å². The van der Waals surface area contributed by atoms with E-state index < -0.39 is 0 Å². The minimum absolute atomic E-state index is 0.213. The summed E-state index contributed by atoms with van der Waals surface area (Å²) in [5, 5.41) is 0.213. The summed E-state index contributed by atoms with van der Waals surface area (Å²) in [6.07, 6.45) is 2.63. The smallest absolute Gasteiger partial charge is 0.225 e. The molecule has 0 aromatic carbocycles. The van der Waals surface area contributed by atoms with Crippen molar-refractivity contribution < 1.29 is 9.47 Å². The van der Waals surface area contributed by atoms with Crippen molar-refractivity contribution in [2.45, 2.75) is 6.42 Å². The third-order valence-electron chi connectivity index (χ3n) is 2.09. The highest BCUT2D eigenvalue weighted by Crippen LogP contribution is 2.15. The van der Waals surface area contributed by atoms with Gasteiger partial charge < -0.3 is 9.47 Å². The van der Waals surface area contributed by atoms with Crippen LogP contribution in [-0.2, 0) is 4.74 Å². The second-order valence-corrected chi connectivity index (χ2v) is 3.54. The number of hydrogen-bond acceptors (Lipinski definition) is 4. The van der Waals surface area contributed by atoms with Crippen molar-refractivity contribution in [3.8, 4) is 5.88 Å². The van der Waals surface area contributed by atoms with Crippen LogP contribution in [0.15, 0.2) is 12.3 Å². The molecule has 0 amide bonds. The van der Waals surface area contributed by atoms with Crippen LogP contribution >= 0.6 is 11.6 Å². The Morgan fingerprint density at radius 2 is 2.57 bits per heavy atom. The Kier molecular flexibility index (Phi) is 3.16. The molecule has 1 aliphatic rings. The van der Waals surface area contributed by atoms with Crippen molar-refractivity contribution in [1.82, 2.24) is 9.97 Å². The average Bonchev–Trinajstić information content (AvgIpc) is 2.67. The van der Waals surface area contributed by atoms with Crippen LogP contribution in [-0.4, -0.2) is 29.8 Å². The highest BCUT2D eigenvalue weighted by atomic mass is 35.5. The van der Waals surface area contributed by atoms with Crippen molar-refractivity contribution >= 4 is 11.6 Å². The molecule has 5 heteroatoms. The molecule has 1 saturated heterocycles. The molecule has 1 atom stereocenters. The van der Waals surface area contributed by atoms with Gasteiger partial charge in [-0.05, 0) is 18.0 Å². The molecule has 14 heavy (non-hydrogen) atoms. The van der Waals surface area contributed by atoms with Crippen LogP contribution in [0.25, 0.3) is 0 Å². The lowest BCUT2D eigenvalue weighted by Crippen LogP contribution is -2.12. The van der Waals surface area contributed by atoms with E-state index in [1.807, 2.05) is 0 Å². The molecule has 1 aromatic rings. The Balaban J connectivity index is 1.85. The number of halogens is 1. The molecule has 4 nitrogen and oxygen atoms in total. The van der Waals surface area contributed by atoms with Crippen LogP contribution in [0.1, 0.15) is 6.42 Å². The molecular weight excluding hydrogens is 204 g/mol. The van der Waals surface area contributed by atoms with E-state index in [2.05, 4.69) is 9.97 Å². The second kappa shape index (κ2) is 4.57. The number of hydrogen-bond donors (Lipinski definition) is 0. The van der Waals surface area contributed by atoms with Gasteiger partial charge in [-0.15, -0.1) is 0 Å². The number of rotatable bonds is 3. The van der Waals surface area contributed by atoms with E-state index >= 15 is 0 Å². The zero-order valence-electron chi connectivity index (χ0n) is 7.65. The van der Waals surface area contributed by atoms with Crippen molar-refractivity contribution in [1.29, 1.82) is 0 Å². The monoisotopic (exact) mass is 214 g/mol. The van der Waals surface area contributed by atoms with Crippen molar-refractivity contribution in [2.24, 2.45) is 5.92 Å². The Bertz CT molecular complexity index is 303. The summed E-state index contributed by atoms with van der Waals surface area (Å²) in [5.74, 6) is 1.00. The van der Waals surface area contributed by atoms with E-state index in [4.69, 9.17) is 21.1 Å². The normalized spacial score (nSPS) is 21.1. The molecule has 0 N–H and O–H groups in total. The fourth-order valence-electron chi connectivity index (χ4n) is 1.32. The largest absolute Gasteiger partial charge is 0.477 e. The number of nitrogens with zero attached hydrogens (tertiary/aromatic N) is 2. The van der Waals surface area contributed by atoms with E-state index in [1.165, 1.54) is 0 Å². The van der Waals surface area contributed by atoms with Gasteiger partial charge in [0.05, 0.1) is 13.2 Å². The third kappa shape index (κ3) is 2.56. The van der Waals surface area contributed by atoms with E-state index in [1.54, 1.807) is 12.3 Å². The van der Waals surface area contributed by atoms with Gasteiger partial charge in [0.25, 0.3) is 0 Å². The quantitative estimate of drug-likeness (QED) is 0.716. The lowest BCUT2D eigenvalue weighted by Gasteiger charge is -2.08. The Morgan fingerprint density at radius 3 is 3.29 bits per heavy atom. The van der Waals surface area contributed by atoms with Crippen LogP contribution in [0.3, 0.4) is 0 Å². The Morgan fingerprint density at radius 1 is 1.64 bits per heavy atom. The van der Waals surface area contributed by atoms with Gasteiger partial charge in [0, 0.05) is 24.8 Å². The van der Waals surface area contributed by atoms with Crippen LogP contribution in [0.2, 0.25) is 5.28 Å². The van der Waals surface area contributed by atoms with E-state index in [0.29, 0.717) is 18.4 Å². The van der Waals surface area contributed by atoms with Crippen LogP contribution < -0.4 is 4.74 Å². The number of aromatic nitrogens is 2. The summed E-state index contributed by atoms with van der Waals surface area (Å²) in [6.45, 7) is 2.24. The minimum Gasteiger partial charge on any atom is -0.477 e. The third-order valence-corrected chi connectivity index (χ3v) is 2.27. The van der Waals surface area contributed by atoms with Crippen molar-refractivity contribution in [3.05, 3.63) is 17.5 Å². The summed E-state index contributed by atoms with van der Waals surface area (Å²) < 4.78 is 10.7. The van der Waals surface area contributed by atoms with E-state index in [0.717, 1.165) is 19.6 Å². The van der Waals surface area contributed by atoms with Gasteiger partial charge >= 0.3 is 0 Å². The minimum atomic E-state index is 0.213. The first kappa shape index (κ1) is 9.68. The van der Waals surface area contributed by atoms with Crippen LogP contribution in [0.4, 0.5) is 0 Å². The predicted octanol–water partition coefficient (Wildman–Crippen LogP) is 1.55. The Hall–Kier alpha value is -0.870. The molecule has 1 fully saturated rings. The molecule has 1 aliphatic heterocycles. The molecule has 0 saturated carbocycles.